The summed E-state index contributed by atoms with van der Waals surface area (Å²) in [5, 5.41) is 14.7. The number of hydrogen-bond donors (Lipinski definition) is 3. The van der Waals surface area contributed by atoms with Crippen molar-refractivity contribution in [2.75, 3.05) is 0 Å². The van der Waals surface area contributed by atoms with Gasteiger partial charge in [0.25, 0.3) is 0 Å². The fourth-order valence-electron chi connectivity index (χ4n) is 3.91. The lowest BCUT2D eigenvalue weighted by atomic mass is 9.97. The zero-order chi connectivity index (χ0) is 18.1. The van der Waals surface area contributed by atoms with Crippen LogP contribution in [0.4, 0.5) is 0 Å². The Bertz CT molecular complexity index is 931. The van der Waals surface area contributed by atoms with E-state index in [1.54, 1.807) is 15.9 Å². The van der Waals surface area contributed by atoms with Gasteiger partial charge >= 0.3 is 5.69 Å². The maximum absolute atomic E-state index is 12.2. The first-order valence-corrected chi connectivity index (χ1v) is 10.1. The van der Waals surface area contributed by atoms with Gasteiger partial charge in [0.05, 0.1) is 22.6 Å². The lowest BCUT2D eigenvalue weighted by Crippen LogP contribution is -2.42. The van der Waals surface area contributed by atoms with Crippen LogP contribution < -0.4 is 11.0 Å². The maximum atomic E-state index is 12.2. The van der Waals surface area contributed by atoms with Gasteiger partial charge in [-0.2, -0.15) is 0 Å². The second kappa shape index (κ2) is 7.34. The van der Waals surface area contributed by atoms with Crippen LogP contribution in [-0.4, -0.2) is 31.7 Å². The number of H-pyrrole nitrogens is 1. The van der Waals surface area contributed by atoms with Gasteiger partial charge in [-0.25, -0.2) is 4.79 Å². The molecule has 0 fully saturated rings. The molecule has 2 aromatic heterocycles. The van der Waals surface area contributed by atoms with E-state index in [1.165, 1.54) is 4.88 Å². The summed E-state index contributed by atoms with van der Waals surface area (Å²) in [4.78, 5) is 20.5. The van der Waals surface area contributed by atoms with Crippen molar-refractivity contribution in [2.45, 2.75) is 57.3 Å². The van der Waals surface area contributed by atoms with E-state index in [0.29, 0.717) is 12.6 Å². The maximum Gasteiger partial charge on any atom is 0.326 e. The van der Waals surface area contributed by atoms with Gasteiger partial charge in [-0.05, 0) is 31.7 Å². The van der Waals surface area contributed by atoms with E-state index in [-0.39, 0.29) is 11.7 Å². The van der Waals surface area contributed by atoms with E-state index in [9.17, 15) is 9.90 Å². The molecule has 26 heavy (non-hydrogen) atoms. The summed E-state index contributed by atoms with van der Waals surface area (Å²) in [6.07, 6.45) is 5.03. The van der Waals surface area contributed by atoms with Crippen molar-refractivity contribution < 1.29 is 5.11 Å². The summed E-state index contributed by atoms with van der Waals surface area (Å²) in [7, 11) is 0. The third-order valence-electron chi connectivity index (χ3n) is 5.35. The van der Waals surface area contributed by atoms with Gasteiger partial charge in [-0.3, -0.25) is 9.55 Å². The second-order valence-corrected chi connectivity index (χ2v) is 7.91. The number of aryl methyl sites for hydroxylation is 2. The number of nitrogens with one attached hydrogen (secondary N) is 2. The van der Waals surface area contributed by atoms with Crippen LogP contribution in [-0.2, 0) is 13.0 Å². The van der Waals surface area contributed by atoms with Gasteiger partial charge in [0.1, 0.15) is 0 Å². The molecule has 1 aliphatic rings. The molecule has 3 aromatic rings. The minimum atomic E-state index is -0.625. The lowest BCUT2D eigenvalue weighted by Gasteiger charge is -2.28. The summed E-state index contributed by atoms with van der Waals surface area (Å²) in [5.41, 5.74) is 4.23. The fraction of sp³-hybridized carbons (Fsp3) is 0.474. The molecule has 3 heterocycles. The number of imidazole rings is 1. The molecule has 4 rings (SSSR count). The number of nitrogens with zero attached hydrogens (tertiary/aromatic N) is 2. The molecule has 138 valence electrons. The first-order valence-electron chi connectivity index (χ1n) is 9.20. The van der Waals surface area contributed by atoms with Gasteiger partial charge < -0.3 is 15.4 Å². The molecule has 0 saturated heterocycles. The fourth-order valence-corrected chi connectivity index (χ4v) is 4.52. The van der Waals surface area contributed by atoms with Crippen LogP contribution in [0.2, 0.25) is 0 Å². The van der Waals surface area contributed by atoms with Crippen molar-refractivity contribution in [2.24, 2.45) is 0 Å². The highest BCUT2D eigenvalue weighted by molar-refractivity contribution is 7.09. The molecule has 0 spiro atoms. The van der Waals surface area contributed by atoms with Crippen LogP contribution in [0.5, 0.6) is 0 Å². The summed E-state index contributed by atoms with van der Waals surface area (Å²) >= 11 is 1.69. The first-order chi connectivity index (χ1) is 12.7. The zero-order valence-electron chi connectivity index (χ0n) is 14.8. The highest BCUT2D eigenvalue weighted by Gasteiger charge is 2.29. The van der Waals surface area contributed by atoms with E-state index >= 15 is 0 Å². The number of aliphatic hydroxyl groups is 1. The van der Waals surface area contributed by atoms with Gasteiger partial charge in [0.15, 0.2) is 0 Å². The van der Waals surface area contributed by atoms with Crippen LogP contribution >= 0.6 is 11.3 Å². The van der Waals surface area contributed by atoms with Crippen LogP contribution in [0.3, 0.4) is 0 Å². The van der Waals surface area contributed by atoms with E-state index in [2.05, 4.69) is 22.2 Å². The molecular formula is C19H24N4O2S. The Labute approximate surface area is 155 Å². The number of rotatable bonds is 6. The molecule has 0 aliphatic carbocycles. The average molecular weight is 372 g/mol. The second-order valence-electron chi connectivity index (χ2n) is 6.94. The zero-order valence-corrected chi connectivity index (χ0v) is 15.6. The third-order valence-corrected chi connectivity index (χ3v) is 6.19. The predicted molar refractivity (Wildman–Crippen MR) is 104 cm³/mol. The van der Waals surface area contributed by atoms with Crippen molar-refractivity contribution >= 4 is 22.4 Å². The van der Waals surface area contributed by atoms with Crippen LogP contribution in [0.15, 0.2) is 34.7 Å². The number of benzene rings is 1. The Morgan fingerprint density at radius 2 is 2.38 bits per heavy atom. The molecule has 3 atom stereocenters. The van der Waals surface area contributed by atoms with E-state index in [0.717, 1.165) is 42.3 Å². The minimum Gasteiger partial charge on any atom is -0.387 e. The molecular weight excluding hydrogens is 348 g/mol. The summed E-state index contributed by atoms with van der Waals surface area (Å²) in [5.74, 6) is 0. The molecule has 7 heteroatoms. The molecule has 1 aliphatic heterocycles. The smallest absolute Gasteiger partial charge is 0.326 e. The van der Waals surface area contributed by atoms with E-state index < -0.39 is 6.10 Å². The molecule has 1 aromatic carbocycles. The SMILES string of the molecule is CCC(CCc1cncs1)N[C@@H]1CCn2c(=O)[nH]c3cccc(c32)[C@H]1O. The van der Waals surface area contributed by atoms with Gasteiger partial charge in [0.2, 0.25) is 0 Å². The van der Waals surface area contributed by atoms with Gasteiger partial charge in [0, 0.05) is 35.3 Å². The van der Waals surface area contributed by atoms with Crippen LogP contribution in [0.1, 0.15) is 42.7 Å². The number of aliphatic hydroxyl groups excluding tert-OH is 1. The van der Waals surface area contributed by atoms with Crippen LogP contribution in [0, 0.1) is 0 Å². The number of hydrogen-bond acceptors (Lipinski definition) is 5. The standard InChI is InChI=1S/C19H24N4O2S/c1-2-12(6-7-13-10-20-11-26-13)21-16-8-9-23-17-14(18(16)24)4-3-5-15(17)22-19(23)25/h3-5,10-12,16,18,21,24H,2,6-9H2,1H3,(H,22,25)/t12?,16-,18-/m1/s1. The molecule has 0 saturated carbocycles. The summed E-state index contributed by atoms with van der Waals surface area (Å²) in [6, 6.07) is 5.97. The molecule has 1 unspecified atom stereocenters. The van der Waals surface area contributed by atoms with Crippen molar-refractivity contribution in [3.63, 3.8) is 0 Å². The van der Waals surface area contributed by atoms with Crippen molar-refractivity contribution in [1.82, 2.24) is 19.9 Å². The Morgan fingerprint density at radius 3 is 3.15 bits per heavy atom. The lowest BCUT2D eigenvalue weighted by molar-refractivity contribution is 0.117. The van der Waals surface area contributed by atoms with E-state index in [1.807, 2.05) is 29.9 Å². The number of aromatic nitrogens is 3. The Balaban J connectivity index is 1.53. The Morgan fingerprint density at radius 1 is 1.50 bits per heavy atom. The monoisotopic (exact) mass is 372 g/mol. The third kappa shape index (κ3) is 3.22. The number of aromatic amines is 1. The molecule has 0 radical (unpaired) electrons. The highest BCUT2D eigenvalue weighted by Crippen LogP contribution is 2.30. The quantitative estimate of drug-likeness (QED) is 0.621. The van der Waals surface area contributed by atoms with Crippen molar-refractivity contribution in [3.05, 3.63) is 50.8 Å². The summed E-state index contributed by atoms with van der Waals surface area (Å²) < 4.78 is 1.76. The number of para-hydroxylation sites is 1. The van der Waals surface area contributed by atoms with Crippen LogP contribution in [0.25, 0.3) is 11.0 Å². The van der Waals surface area contributed by atoms with Crippen molar-refractivity contribution in [1.29, 1.82) is 0 Å². The Hall–Kier alpha value is -1.96. The highest BCUT2D eigenvalue weighted by atomic mass is 32.1. The minimum absolute atomic E-state index is 0.0636. The van der Waals surface area contributed by atoms with Gasteiger partial charge in [-0.15, -0.1) is 11.3 Å². The molecule has 0 bridgehead atoms. The average Bonchev–Trinajstić information content (AvgIpc) is 3.24. The predicted octanol–water partition coefficient (Wildman–Crippen LogP) is 2.59. The normalized spacial score (nSPS) is 21.0. The largest absolute Gasteiger partial charge is 0.387 e. The molecule has 6 nitrogen and oxygen atoms in total. The Kier molecular flexibility index (Phi) is 4.93. The van der Waals surface area contributed by atoms with Gasteiger partial charge in [-0.1, -0.05) is 19.1 Å². The molecule has 3 N–H and O–H groups in total. The topological polar surface area (TPSA) is 82.9 Å². The number of thiazole rings is 1. The van der Waals surface area contributed by atoms with E-state index in [4.69, 9.17) is 0 Å². The first kappa shape index (κ1) is 17.5. The van der Waals surface area contributed by atoms with Crippen molar-refractivity contribution in [3.8, 4) is 0 Å². The summed E-state index contributed by atoms with van der Waals surface area (Å²) in [6.45, 7) is 2.78. The molecule has 0 amide bonds.